The van der Waals surface area contributed by atoms with Crippen LogP contribution in [-0.2, 0) is 20.2 Å². The standard InChI is InChI=1S/C26H28BrN3O4S/c1-26(2,3)19-13-11-18(12-14-19)25(32)29-22-9-6-8-21(16-22)28-24(31)17-30(35(4,33)34)23-10-5-7-20(27)15-23/h5-16H,17H2,1-4H3,(H,28,31)(H,29,32). The van der Waals surface area contributed by atoms with E-state index in [1.807, 2.05) is 12.1 Å². The Kier molecular flexibility index (Phi) is 8.02. The summed E-state index contributed by atoms with van der Waals surface area (Å²) < 4.78 is 26.3. The van der Waals surface area contributed by atoms with E-state index in [2.05, 4.69) is 47.3 Å². The van der Waals surface area contributed by atoms with Gasteiger partial charge in [0.25, 0.3) is 5.91 Å². The summed E-state index contributed by atoms with van der Waals surface area (Å²) in [5.41, 5.74) is 2.94. The molecule has 0 saturated carbocycles. The van der Waals surface area contributed by atoms with Gasteiger partial charge in [0.1, 0.15) is 6.54 Å². The van der Waals surface area contributed by atoms with Gasteiger partial charge in [-0.05, 0) is 59.5 Å². The van der Waals surface area contributed by atoms with Crippen molar-refractivity contribution in [2.24, 2.45) is 0 Å². The first-order valence-electron chi connectivity index (χ1n) is 10.9. The number of nitrogens with zero attached hydrogens (tertiary/aromatic N) is 1. The van der Waals surface area contributed by atoms with Gasteiger partial charge in [0.2, 0.25) is 15.9 Å². The van der Waals surface area contributed by atoms with Crippen LogP contribution in [0.25, 0.3) is 0 Å². The van der Waals surface area contributed by atoms with Crippen molar-refractivity contribution in [1.82, 2.24) is 0 Å². The number of benzene rings is 3. The van der Waals surface area contributed by atoms with E-state index in [9.17, 15) is 18.0 Å². The summed E-state index contributed by atoms with van der Waals surface area (Å²) in [4.78, 5) is 25.4. The van der Waals surface area contributed by atoms with Gasteiger partial charge in [0, 0.05) is 21.4 Å². The van der Waals surface area contributed by atoms with E-state index in [-0.39, 0.29) is 11.3 Å². The van der Waals surface area contributed by atoms with E-state index in [0.29, 0.717) is 27.1 Å². The second kappa shape index (κ2) is 10.6. The Morgan fingerprint density at radius 3 is 2.06 bits per heavy atom. The SMILES string of the molecule is CC(C)(C)c1ccc(C(=O)Nc2cccc(NC(=O)CN(c3cccc(Br)c3)S(C)(=O)=O)c2)cc1. The zero-order chi connectivity index (χ0) is 25.8. The number of carbonyl (C=O) groups is 2. The fourth-order valence-corrected chi connectivity index (χ4v) is 4.60. The molecule has 0 aromatic heterocycles. The molecule has 184 valence electrons. The lowest BCUT2D eigenvalue weighted by Gasteiger charge is -2.22. The summed E-state index contributed by atoms with van der Waals surface area (Å²) >= 11 is 3.32. The van der Waals surface area contributed by atoms with E-state index in [4.69, 9.17) is 0 Å². The zero-order valence-corrected chi connectivity index (χ0v) is 22.4. The normalized spacial score (nSPS) is 11.6. The maximum Gasteiger partial charge on any atom is 0.255 e. The van der Waals surface area contributed by atoms with Crippen LogP contribution in [0.5, 0.6) is 0 Å². The highest BCUT2D eigenvalue weighted by molar-refractivity contribution is 9.10. The number of hydrogen-bond donors (Lipinski definition) is 2. The summed E-state index contributed by atoms with van der Waals surface area (Å²) in [5.74, 6) is -0.788. The highest BCUT2D eigenvalue weighted by Crippen LogP contribution is 2.24. The summed E-state index contributed by atoms with van der Waals surface area (Å²) in [6.07, 6.45) is 1.05. The largest absolute Gasteiger partial charge is 0.324 e. The quantitative estimate of drug-likeness (QED) is 0.406. The number of hydrogen-bond acceptors (Lipinski definition) is 4. The first-order valence-corrected chi connectivity index (χ1v) is 13.5. The number of anilines is 3. The Morgan fingerprint density at radius 1 is 0.886 bits per heavy atom. The third-order valence-corrected chi connectivity index (χ3v) is 6.83. The molecule has 0 saturated heterocycles. The average molecular weight is 558 g/mol. The van der Waals surface area contributed by atoms with Crippen molar-refractivity contribution in [2.45, 2.75) is 26.2 Å². The molecule has 0 atom stereocenters. The van der Waals surface area contributed by atoms with Crippen LogP contribution in [0.3, 0.4) is 0 Å². The first kappa shape index (κ1) is 26.4. The van der Waals surface area contributed by atoms with E-state index >= 15 is 0 Å². The highest BCUT2D eigenvalue weighted by Gasteiger charge is 2.21. The molecule has 0 heterocycles. The smallest absolute Gasteiger partial charge is 0.255 e. The van der Waals surface area contributed by atoms with Crippen molar-refractivity contribution in [3.05, 3.63) is 88.4 Å². The monoisotopic (exact) mass is 557 g/mol. The second-order valence-electron chi connectivity index (χ2n) is 9.16. The summed E-state index contributed by atoms with van der Waals surface area (Å²) in [5, 5.41) is 5.52. The molecule has 3 aromatic carbocycles. The Bertz CT molecular complexity index is 1330. The molecule has 0 aliphatic carbocycles. The molecule has 9 heteroatoms. The maximum absolute atomic E-state index is 12.7. The van der Waals surface area contributed by atoms with Gasteiger partial charge in [-0.2, -0.15) is 0 Å². The summed E-state index contributed by atoms with van der Waals surface area (Å²) in [7, 11) is -3.69. The van der Waals surface area contributed by atoms with Gasteiger partial charge in [-0.25, -0.2) is 8.42 Å². The van der Waals surface area contributed by atoms with Crippen LogP contribution < -0.4 is 14.9 Å². The van der Waals surface area contributed by atoms with Gasteiger partial charge in [-0.3, -0.25) is 13.9 Å². The molecule has 2 N–H and O–H groups in total. The van der Waals surface area contributed by atoms with Crippen LogP contribution >= 0.6 is 15.9 Å². The topological polar surface area (TPSA) is 95.6 Å². The number of carbonyl (C=O) groups excluding carboxylic acids is 2. The Hall–Kier alpha value is -3.17. The summed E-state index contributed by atoms with van der Waals surface area (Å²) in [6, 6.07) is 20.8. The molecular weight excluding hydrogens is 530 g/mol. The van der Waals surface area contributed by atoms with Crippen molar-refractivity contribution < 1.29 is 18.0 Å². The predicted molar refractivity (Wildman–Crippen MR) is 144 cm³/mol. The minimum atomic E-state index is -3.69. The number of amides is 2. The van der Waals surface area contributed by atoms with Crippen molar-refractivity contribution in [2.75, 3.05) is 27.7 Å². The van der Waals surface area contributed by atoms with E-state index < -0.39 is 22.5 Å². The number of halogens is 1. The minimum absolute atomic E-state index is 0.00869. The predicted octanol–water partition coefficient (Wildman–Crippen LogP) is 5.40. The average Bonchev–Trinajstić information content (AvgIpc) is 2.76. The lowest BCUT2D eigenvalue weighted by Crippen LogP contribution is -2.37. The Morgan fingerprint density at radius 2 is 1.49 bits per heavy atom. The minimum Gasteiger partial charge on any atom is -0.324 e. The van der Waals surface area contributed by atoms with Gasteiger partial charge < -0.3 is 10.6 Å². The van der Waals surface area contributed by atoms with Gasteiger partial charge in [0.05, 0.1) is 11.9 Å². The molecule has 7 nitrogen and oxygen atoms in total. The van der Waals surface area contributed by atoms with Crippen LogP contribution in [0.2, 0.25) is 0 Å². The Balaban J connectivity index is 1.69. The van der Waals surface area contributed by atoms with Crippen molar-refractivity contribution in [1.29, 1.82) is 0 Å². The number of nitrogens with one attached hydrogen (secondary N) is 2. The first-order chi connectivity index (χ1) is 16.3. The van der Waals surface area contributed by atoms with Crippen molar-refractivity contribution in [3.8, 4) is 0 Å². The number of rotatable bonds is 7. The van der Waals surface area contributed by atoms with E-state index in [1.165, 1.54) is 0 Å². The molecule has 0 bridgehead atoms. The maximum atomic E-state index is 12.7. The van der Waals surface area contributed by atoms with Crippen LogP contribution in [0.15, 0.2) is 77.3 Å². The molecule has 35 heavy (non-hydrogen) atoms. The third-order valence-electron chi connectivity index (χ3n) is 5.20. The molecule has 0 unspecified atom stereocenters. The molecule has 2 amide bonds. The van der Waals surface area contributed by atoms with Crippen molar-refractivity contribution in [3.63, 3.8) is 0 Å². The highest BCUT2D eigenvalue weighted by atomic mass is 79.9. The Labute approximate surface area is 214 Å². The lowest BCUT2D eigenvalue weighted by molar-refractivity contribution is -0.114. The van der Waals surface area contributed by atoms with Gasteiger partial charge in [0.15, 0.2) is 0 Å². The fourth-order valence-electron chi connectivity index (χ4n) is 3.36. The van der Waals surface area contributed by atoms with E-state index in [1.54, 1.807) is 60.7 Å². The molecule has 3 rings (SSSR count). The zero-order valence-electron chi connectivity index (χ0n) is 20.0. The molecule has 0 aliphatic heterocycles. The molecule has 0 fully saturated rings. The van der Waals surface area contributed by atoms with Crippen molar-refractivity contribution >= 4 is 54.8 Å². The summed E-state index contributed by atoms with van der Waals surface area (Å²) in [6.45, 7) is 5.92. The molecular formula is C26H28BrN3O4S. The lowest BCUT2D eigenvalue weighted by atomic mass is 9.87. The van der Waals surface area contributed by atoms with Gasteiger partial charge in [-0.15, -0.1) is 0 Å². The molecule has 0 aliphatic rings. The molecule has 0 radical (unpaired) electrons. The van der Waals surface area contributed by atoms with Crippen LogP contribution in [0, 0.1) is 0 Å². The molecule has 0 spiro atoms. The fraction of sp³-hybridized carbons (Fsp3) is 0.231. The van der Waals surface area contributed by atoms with Gasteiger partial charge >= 0.3 is 0 Å². The van der Waals surface area contributed by atoms with E-state index in [0.717, 1.165) is 16.1 Å². The van der Waals surface area contributed by atoms with Crippen LogP contribution in [0.1, 0.15) is 36.7 Å². The second-order valence-corrected chi connectivity index (χ2v) is 12.0. The third kappa shape index (κ3) is 7.40. The molecule has 3 aromatic rings. The van der Waals surface area contributed by atoms with Gasteiger partial charge in [-0.1, -0.05) is 61.0 Å². The number of sulfonamides is 1. The van der Waals surface area contributed by atoms with Crippen LogP contribution in [-0.4, -0.2) is 33.0 Å². The van der Waals surface area contributed by atoms with Crippen LogP contribution in [0.4, 0.5) is 17.1 Å².